The fourth-order valence-corrected chi connectivity index (χ4v) is 4.86. The molecule has 2 nitrogen and oxygen atoms in total. The van der Waals surface area contributed by atoms with Gasteiger partial charge in [0.2, 0.25) is 0 Å². The highest BCUT2D eigenvalue weighted by Crippen LogP contribution is 2.26. The smallest absolute Gasteiger partial charge is 0.0298 e. The van der Waals surface area contributed by atoms with Crippen molar-refractivity contribution in [1.82, 2.24) is 5.32 Å². The molecule has 0 heterocycles. The lowest BCUT2D eigenvalue weighted by molar-refractivity contribution is 0.379. The van der Waals surface area contributed by atoms with Crippen LogP contribution in [0, 0.1) is 37.5 Å². The van der Waals surface area contributed by atoms with Gasteiger partial charge in [0.25, 0.3) is 0 Å². The lowest BCUT2D eigenvalue weighted by Crippen LogP contribution is -2.20. The number of benzene rings is 1. The van der Waals surface area contributed by atoms with Crippen LogP contribution in [0.4, 0.5) is 0 Å². The van der Waals surface area contributed by atoms with Crippen LogP contribution in [0.25, 0.3) is 6.08 Å². The van der Waals surface area contributed by atoms with Crippen LogP contribution in [0.5, 0.6) is 0 Å². The highest BCUT2D eigenvalue weighted by atomic mass is 14.8. The fourth-order valence-electron chi connectivity index (χ4n) is 4.86. The summed E-state index contributed by atoms with van der Waals surface area (Å²) >= 11 is 0. The summed E-state index contributed by atoms with van der Waals surface area (Å²) in [5.74, 6) is 7.98. The van der Waals surface area contributed by atoms with Crippen LogP contribution in [-0.2, 0) is 6.54 Å². The summed E-state index contributed by atoms with van der Waals surface area (Å²) in [6.07, 6.45) is 25.3. The van der Waals surface area contributed by atoms with Crippen molar-refractivity contribution in [1.29, 1.82) is 0 Å². The van der Waals surface area contributed by atoms with Gasteiger partial charge in [-0.3, -0.25) is 0 Å². The summed E-state index contributed by atoms with van der Waals surface area (Å²) in [6, 6.07) is 2.25. The second-order valence-electron chi connectivity index (χ2n) is 10.9. The second-order valence-corrected chi connectivity index (χ2v) is 10.9. The molecule has 0 saturated carbocycles. The van der Waals surface area contributed by atoms with E-state index in [0.717, 1.165) is 43.3 Å². The molecule has 1 rings (SSSR count). The van der Waals surface area contributed by atoms with E-state index in [4.69, 9.17) is 5.73 Å². The minimum Gasteiger partial charge on any atom is -0.327 e. The van der Waals surface area contributed by atoms with Gasteiger partial charge < -0.3 is 11.1 Å². The van der Waals surface area contributed by atoms with Gasteiger partial charge in [0, 0.05) is 18.7 Å². The Labute approximate surface area is 236 Å². The third-order valence-corrected chi connectivity index (χ3v) is 7.24. The molecule has 0 aliphatic heterocycles. The van der Waals surface area contributed by atoms with E-state index in [1.807, 2.05) is 13.0 Å². The number of unbranched alkanes of at least 4 members (excludes halogenated alkanes) is 1. The molecule has 210 valence electrons. The zero-order valence-corrected chi connectivity index (χ0v) is 25.6. The molecule has 0 radical (unpaired) electrons. The Morgan fingerprint density at radius 2 is 1.89 bits per heavy atom. The highest BCUT2D eigenvalue weighted by molar-refractivity contribution is 5.64. The number of hydrogen-bond donors (Lipinski definition) is 2. The first-order valence-corrected chi connectivity index (χ1v) is 15.0. The zero-order valence-electron chi connectivity index (χ0n) is 25.6. The predicted octanol–water partition coefficient (Wildman–Crippen LogP) is 9.21. The highest BCUT2D eigenvalue weighted by Gasteiger charge is 2.13. The molecule has 0 bridgehead atoms. The van der Waals surface area contributed by atoms with Crippen molar-refractivity contribution < 1.29 is 0 Å². The van der Waals surface area contributed by atoms with Crippen molar-refractivity contribution >= 4 is 6.08 Å². The van der Waals surface area contributed by atoms with E-state index in [2.05, 4.69) is 101 Å². The van der Waals surface area contributed by atoms with Crippen LogP contribution < -0.4 is 11.1 Å². The normalized spacial score (nSPS) is 13.2. The summed E-state index contributed by atoms with van der Waals surface area (Å²) in [6.45, 7) is 17.8. The van der Waals surface area contributed by atoms with E-state index in [1.165, 1.54) is 66.4 Å². The van der Waals surface area contributed by atoms with Gasteiger partial charge in [-0.15, -0.1) is 5.92 Å². The third kappa shape index (κ3) is 13.5. The summed E-state index contributed by atoms with van der Waals surface area (Å²) in [5, 5.41) is 3.79. The van der Waals surface area contributed by atoms with E-state index in [0.29, 0.717) is 6.54 Å². The lowest BCUT2D eigenvalue weighted by Gasteiger charge is -2.20. The molecule has 1 aromatic rings. The van der Waals surface area contributed by atoms with Gasteiger partial charge >= 0.3 is 0 Å². The van der Waals surface area contributed by atoms with E-state index >= 15 is 0 Å². The first-order chi connectivity index (χ1) is 18.4. The monoisotopic (exact) mass is 516 g/mol. The first-order valence-electron chi connectivity index (χ1n) is 15.0. The molecule has 2 heteroatoms. The molecule has 1 unspecified atom stereocenters. The molecule has 0 saturated heterocycles. The fraction of sp³-hybridized carbons (Fsp3) is 0.556. The van der Waals surface area contributed by atoms with Gasteiger partial charge in [-0.1, -0.05) is 94.9 Å². The average molecular weight is 517 g/mol. The molecule has 1 aromatic carbocycles. The Morgan fingerprint density at radius 1 is 1.11 bits per heavy atom. The van der Waals surface area contributed by atoms with Crippen LogP contribution in [0.3, 0.4) is 0 Å². The maximum atomic E-state index is 5.66. The Bertz CT molecular complexity index is 979. The summed E-state index contributed by atoms with van der Waals surface area (Å²) in [7, 11) is 0. The van der Waals surface area contributed by atoms with Crippen molar-refractivity contribution in [2.24, 2.45) is 17.6 Å². The molecule has 0 aliphatic rings. The van der Waals surface area contributed by atoms with Gasteiger partial charge in [-0.25, -0.2) is 0 Å². The quantitative estimate of drug-likeness (QED) is 0.116. The third-order valence-electron chi connectivity index (χ3n) is 7.24. The largest absolute Gasteiger partial charge is 0.327 e. The molecule has 0 amide bonds. The van der Waals surface area contributed by atoms with Gasteiger partial charge in [-0.05, 0) is 106 Å². The minimum atomic E-state index is 0.591. The molecular weight excluding hydrogens is 460 g/mol. The first kappa shape index (κ1) is 33.7. The van der Waals surface area contributed by atoms with Crippen LogP contribution in [0.2, 0.25) is 0 Å². The van der Waals surface area contributed by atoms with E-state index in [1.54, 1.807) is 0 Å². The Balaban J connectivity index is 2.92. The van der Waals surface area contributed by atoms with E-state index < -0.39 is 0 Å². The van der Waals surface area contributed by atoms with Crippen LogP contribution in [-0.4, -0.2) is 13.1 Å². The van der Waals surface area contributed by atoms with Crippen LogP contribution >= 0.6 is 0 Å². The van der Waals surface area contributed by atoms with Crippen LogP contribution in [0.1, 0.15) is 114 Å². The number of nitrogens with two attached hydrogens (primary N) is 1. The van der Waals surface area contributed by atoms with E-state index in [-0.39, 0.29) is 0 Å². The number of allylic oxidation sites excluding steroid dienone is 6. The lowest BCUT2D eigenvalue weighted by atomic mass is 9.89. The van der Waals surface area contributed by atoms with Gasteiger partial charge in [0.1, 0.15) is 0 Å². The van der Waals surface area contributed by atoms with Gasteiger partial charge in [0.05, 0.1) is 0 Å². The molecule has 3 N–H and O–H groups in total. The van der Waals surface area contributed by atoms with Crippen molar-refractivity contribution in [3.63, 3.8) is 0 Å². The molecule has 0 fully saturated rings. The molecule has 38 heavy (non-hydrogen) atoms. The number of nitrogens with one attached hydrogen (secondary N) is 1. The SMILES string of the molecule is CC#Cc1cc(C)c(C)c(/C=C\C)c1CNCCC(CCCC(C)C)CCC(/C=C\CCC)=C/C=C/CN. The topological polar surface area (TPSA) is 38.0 Å². The second kappa shape index (κ2) is 20.6. The summed E-state index contributed by atoms with van der Waals surface area (Å²) in [4.78, 5) is 0. The van der Waals surface area contributed by atoms with Gasteiger partial charge in [0.15, 0.2) is 0 Å². The van der Waals surface area contributed by atoms with Crippen molar-refractivity contribution in [3.8, 4) is 11.8 Å². The van der Waals surface area contributed by atoms with Crippen molar-refractivity contribution in [3.05, 3.63) is 75.9 Å². The van der Waals surface area contributed by atoms with Crippen molar-refractivity contribution in [2.75, 3.05) is 13.1 Å². The Kier molecular flexibility index (Phi) is 18.3. The number of hydrogen-bond acceptors (Lipinski definition) is 2. The average Bonchev–Trinajstić information content (AvgIpc) is 2.88. The standard InChI is InChI=1S/C36H56N2/c1-8-11-12-19-32(20-13-14-25-37)22-23-33(21-15-18-29(4)5)24-26-38-28-36-34(16-9-2)27-30(6)31(7)35(36)17-10-3/h10,12-14,17,19-20,27,29,33,38H,8,11,15,18,21-26,28,37H2,1-7H3/b14-13+,17-10-,19-12-,32-20+. The maximum absolute atomic E-state index is 5.66. The Morgan fingerprint density at radius 3 is 2.55 bits per heavy atom. The Hall–Kier alpha value is -2.34. The van der Waals surface area contributed by atoms with Gasteiger partial charge in [-0.2, -0.15) is 0 Å². The number of rotatable bonds is 18. The molecule has 0 spiro atoms. The summed E-state index contributed by atoms with van der Waals surface area (Å²) in [5.41, 5.74) is 13.6. The molecule has 1 atom stereocenters. The minimum absolute atomic E-state index is 0.591. The molecule has 0 aliphatic carbocycles. The zero-order chi connectivity index (χ0) is 28.2. The summed E-state index contributed by atoms with van der Waals surface area (Å²) < 4.78 is 0. The predicted molar refractivity (Wildman–Crippen MR) is 171 cm³/mol. The maximum Gasteiger partial charge on any atom is 0.0298 e. The van der Waals surface area contributed by atoms with E-state index in [9.17, 15) is 0 Å². The van der Waals surface area contributed by atoms with Crippen molar-refractivity contribution in [2.45, 2.75) is 106 Å². The van der Waals surface area contributed by atoms with Crippen LogP contribution in [0.15, 0.2) is 48.1 Å². The molecular formula is C36H56N2. The molecule has 0 aromatic heterocycles. The number of aryl methyl sites for hydroxylation is 1.